The number of hydrogen-bond donors (Lipinski definition) is 1. The van der Waals surface area contributed by atoms with E-state index in [0.717, 1.165) is 11.8 Å². The van der Waals surface area contributed by atoms with Crippen LogP contribution >= 0.6 is 11.8 Å². The summed E-state index contributed by atoms with van der Waals surface area (Å²) < 4.78 is 0. The quantitative estimate of drug-likeness (QED) is 0.493. The first-order valence-electron chi connectivity index (χ1n) is 4.58. The lowest BCUT2D eigenvalue weighted by Gasteiger charge is -1.97. The number of carbonyl (C=O) groups is 1. The van der Waals surface area contributed by atoms with Crippen molar-refractivity contribution in [3.63, 3.8) is 0 Å². The van der Waals surface area contributed by atoms with Gasteiger partial charge in [0.15, 0.2) is 5.17 Å². The molecule has 0 bridgehead atoms. The molecule has 1 saturated heterocycles. The highest BCUT2D eigenvalue weighted by molar-refractivity contribution is 8.18. The molecule has 1 N–H and O–H groups in total. The molecule has 0 aromatic heterocycles. The molecule has 7 heteroatoms. The van der Waals surface area contributed by atoms with Gasteiger partial charge in [-0.2, -0.15) is 0 Å². The predicted octanol–water partition coefficient (Wildman–Crippen LogP) is 1.96. The molecule has 0 atom stereocenters. The lowest BCUT2D eigenvalue weighted by molar-refractivity contribution is -0.384. The molecule has 17 heavy (non-hydrogen) atoms. The van der Waals surface area contributed by atoms with E-state index in [-0.39, 0.29) is 17.3 Å². The van der Waals surface area contributed by atoms with Gasteiger partial charge in [0.1, 0.15) is 5.69 Å². The van der Waals surface area contributed by atoms with Crippen molar-refractivity contribution in [1.29, 1.82) is 0 Å². The molecule has 1 aliphatic rings. The number of aliphatic imine (C=N–C) groups is 1. The van der Waals surface area contributed by atoms with Gasteiger partial charge in [-0.3, -0.25) is 14.9 Å². The molecule has 0 spiro atoms. The van der Waals surface area contributed by atoms with Crippen molar-refractivity contribution in [2.24, 2.45) is 4.99 Å². The van der Waals surface area contributed by atoms with Gasteiger partial charge in [0.05, 0.1) is 9.83 Å². The topological polar surface area (TPSA) is 84.6 Å². The third kappa shape index (κ3) is 2.34. The molecule has 1 amide bonds. The fourth-order valence-corrected chi connectivity index (χ4v) is 1.89. The smallest absolute Gasteiger partial charge is 0.294 e. The summed E-state index contributed by atoms with van der Waals surface area (Å²) in [5.74, 6) is -0.327. The Bertz CT molecular complexity index is 535. The maximum atomic E-state index is 11.1. The second-order valence-corrected chi connectivity index (χ2v) is 4.23. The molecule has 1 heterocycles. The van der Waals surface area contributed by atoms with Gasteiger partial charge in [0, 0.05) is 6.07 Å². The van der Waals surface area contributed by atoms with E-state index in [2.05, 4.69) is 16.9 Å². The van der Waals surface area contributed by atoms with Crippen molar-refractivity contribution in [3.05, 3.63) is 45.9 Å². The van der Waals surface area contributed by atoms with E-state index in [1.807, 2.05) is 0 Å². The normalized spacial score (nSPS) is 17.3. The van der Waals surface area contributed by atoms with Gasteiger partial charge in [-0.25, -0.2) is 4.99 Å². The summed E-state index contributed by atoms with van der Waals surface area (Å²) in [5, 5.41) is 13.5. The summed E-state index contributed by atoms with van der Waals surface area (Å²) in [6.07, 6.45) is 0. The number of thioether (sulfide) groups is 1. The monoisotopic (exact) mass is 249 g/mol. The first-order valence-corrected chi connectivity index (χ1v) is 5.40. The van der Waals surface area contributed by atoms with Crippen molar-refractivity contribution in [2.75, 3.05) is 0 Å². The lowest BCUT2D eigenvalue weighted by atomic mass is 10.3. The third-order valence-corrected chi connectivity index (χ3v) is 2.81. The summed E-state index contributed by atoms with van der Waals surface area (Å²) in [6.45, 7) is 3.52. The average molecular weight is 249 g/mol. The number of amidine groups is 1. The molecule has 1 aromatic rings. The van der Waals surface area contributed by atoms with E-state index in [0.29, 0.717) is 10.1 Å². The second kappa shape index (κ2) is 4.38. The van der Waals surface area contributed by atoms with Gasteiger partial charge < -0.3 is 5.32 Å². The molecule has 1 fully saturated rings. The van der Waals surface area contributed by atoms with Crippen LogP contribution in [-0.2, 0) is 4.79 Å². The lowest BCUT2D eigenvalue weighted by Crippen LogP contribution is -2.19. The van der Waals surface area contributed by atoms with Gasteiger partial charge in [0.25, 0.3) is 11.6 Å². The van der Waals surface area contributed by atoms with Gasteiger partial charge in [-0.05, 0) is 17.8 Å². The molecule has 0 unspecified atom stereocenters. The number of nitro groups is 1. The van der Waals surface area contributed by atoms with Crippen LogP contribution in [0.1, 0.15) is 0 Å². The van der Waals surface area contributed by atoms with E-state index in [1.54, 1.807) is 12.1 Å². The van der Waals surface area contributed by atoms with Crippen LogP contribution in [0.4, 0.5) is 11.4 Å². The summed E-state index contributed by atoms with van der Waals surface area (Å²) in [6, 6.07) is 6.07. The number of nitrogens with one attached hydrogen (secondary N) is 1. The molecule has 0 saturated carbocycles. The zero-order valence-corrected chi connectivity index (χ0v) is 9.36. The van der Waals surface area contributed by atoms with Crippen LogP contribution in [0.3, 0.4) is 0 Å². The number of carbonyl (C=O) groups excluding carboxylic acids is 1. The summed E-state index contributed by atoms with van der Waals surface area (Å²) >= 11 is 1.06. The Kier molecular flexibility index (Phi) is 2.92. The average Bonchev–Trinajstić information content (AvgIpc) is 2.58. The Balaban J connectivity index is 2.37. The molecule has 1 aliphatic heterocycles. The van der Waals surface area contributed by atoms with Gasteiger partial charge >= 0.3 is 0 Å². The molecule has 86 valence electrons. The van der Waals surface area contributed by atoms with Crippen molar-refractivity contribution < 1.29 is 9.72 Å². The Morgan fingerprint density at radius 3 is 2.71 bits per heavy atom. The highest BCUT2D eigenvalue weighted by atomic mass is 32.2. The Morgan fingerprint density at radius 2 is 2.12 bits per heavy atom. The number of nitrogens with zero attached hydrogens (tertiary/aromatic N) is 2. The SMILES string of the molecule is C=C1SC(=Nc2ccccc2[N+](=O)[O-])NC1=O. The minimum atomic E-state index is -0.518. The number of amides is 1. The Hall–Kier alpha value is -2.15. The summed E-state index contributed by atoms with van der Waals surface area (Å²) in [5.41, 5.74) is 0.0994. The van der Waals surface area contributed by atoms with Gasteiger partial charge in [-0.1, -0.05) is 18.7 Å². The third-order valence-electron chi connectivity index (χ3n) is 1.99. The largest absolute Gasteiger partial charge is 0.300 e. The van der Waals surface area contributed by atoms with Crippen molar-refractivity contribution in [3.8, 4) is 0 Å². The van der Waals surface area contributed by atoms with E-state index >= 15 is 0 Å². The number of para-hydroxylation sites is 2. The van der Waals surface area contributed by atoms with E-state index in [9.17, 15) is 14.9 Å². The van der Waals surface area contributed by atoms with Crippen molar-refractivity contribution in [1.82, 2.24) is 5.32 Å². The van der Waals surface area contributed by atoms with Crippen LogP contribution in [0, 0.1) is 10.1 Å². The van der Waals surface area contributed by atoms with Gasteiger partial charge in [0.2, 0.25) is 0 Å². The second-order valence-electron chi connectivity index (χ2n) is 3.14. The molecule has 0 radical (unpaired) electrons. The Labute approximate surface area is 101 Å². The van der Waals surface area contributed by atoms with E-state index < -0.39 is 4.92 Å². The van der Waals surface area contributed by atoms with Crippen LogP contribution in [0.2, 0.25) is 0 Å². The van der Waals surface area contributed by atoms with Crippen LogP contribution in [0.25, 0.3) is 0 Å². The molecule has 6 nitrogen and oxygen atoms in total. The molecule has 2 rings (SSSR count). The van der Waals surface area contributed by atoms with Crippen molar-refractivity contribution >= 4 is 34.2 Å². The zero-order valence-electron chi connectivity index (χ0n) is 8.54. The van der Waals surface area contributed by atoms with Crippen molar-refractivity contribution in [2.45, 2.75) is 0 Å². The van der Waals surface area contributed by atoms with Crippen LogP contribution < -0.4 is 5.32 Å². The molecular weight excluding hydrogens is 242 g/mol. The maximum absolute atomic E-state index is 11.1. The number of hydrogen-bond acceptors (Lipinski definition) is 5. The summed E-state index contributed by atoms with van der Waals surface area (Å²) in [4.78, 5) is 25.7. The van der Waals surface area contributed by atoms with Crippen LogP contribution in [0.5, 0.6) is 0 Å². The number of rotatable bonds is 2. The predicted molar refractivity (Wildman–Crippen MR) is 65.1 cm³/mol. The van der Waals surface area contributed by atoms with Crippen LogP contribution in [0.15, 0.2) is 40.7 Å². The minimum absolute atomic E-state index is 0.104. The standard InChI is InChI=1S/C10H7N3O3S/c1-6-9(14)12-10(17-6)11-7-4-2-3-5-8(7)13(15)16/h2-5H,1H2,(H,11,12,14). The first-order chi connectivity index (χ1) is 8.08. The molecule has 1 aromatic carbocycles. The van der Waals surface area contributed by atoms with Gasteiger partial charge in [-0.15, -0.1) is 0 Å². The highest BCUT2D eigenvalue weighted by Gasteiger charge is 2.22. The zero-order chi connectivity index (χ0) is 12.4. The first kappa shape index (κ1) is 11.3. The maximum Gasteiger partial charge on any atom is 0.294 e. The highest BCUT2D eigenvalue weighted by Crippen LogP contribution is 2.30. The minimum Gasteiger partial charge on any atom is -0.300 e. The Morgan fingerprint density at radius 1 is 1.41 bits per heavy atom. The molecular formula is C10H7N3O3S. The van der Waals surface area contributed by atoms with E-state index in [4.69, 9.17) is 0 Å². The number of nitro benzene ring substituents is 1. The van der Waals surface area contributed by atoms with E-state index in [1.165, 1.54) is 12.1 Å². The fraction of sp³-hybridized carbons (Fsp3) is 0. The van der Waals surface area contributed by atoms with Crippen LogP contribution in [-0.4, -0.2) is 16.0 Å². The summed E-state index contributed by atoms with van der Waals surface area (Å²) in [7, 11) is 0. The number of benzene rings is 1. The fourth-order valence-electron chi connectivity index (χ4n) is 1.23. The molecule has 0 aliphatic carbocycles.